The standard InChI is InChI=1S/C15H24N4O2/c1-2-3-7-16-15(21)13-6-4-9-18(11-13)14(20)12-19-10-5-8-17-19/h5,8,10,13H,2-4,6-7,9,11-12H2,1H3,(H,16,21). The van der Waals surface area contributed by atoms with E-state index in [4.69, 9.17) is 0 Å². The molecule has 0 aromatic carbocycles. The van der Waals surface area contributed by atoms with Gasteiger partial charge >= 0.3 is 0 Å². The summed E-state index contributed by atoms with van der Waals surface area (Å²) in [6, 6.07) is 1.80. The van der Waals surface area contributed by atoms with E-state index >= 15 is 0 Å². The van der Waals surface area contributed by atoms with Crippen LogP contribution in [0.15, 0.2) is 18.5 Å². The molecule has 1 aliphatic rings. The molecule has 1 unspecified atom stereocenters. The van der Waals surface area contributed by atoms with Crippen LogP contribution in [-0.4, -0.2) is 46.1 Å². The summed E-state index contributed by atoms with van der Waals surface area (Å²) in [5.41, 5.74) is 0. The Morgan fingerprint density at radius 3 is 3.00 bits per heavy atom. The SMILES string of the molecule is CCCCNC(=O)C1CCCN(C(=O)Cn2cccn2)C1. The van der Waals surface area contributed by atoms with Crippen molar-refractivity contribution in [1.82, 2.24) is 20.0 Å². The van der Waals surface area contributed by atoms with Gasteiger partial charge in [-0.15, -0.1) is 0 Å². The Labute approximate surface area is 125 Å². The molecule has 1 fully saturated rings. The highest BCUT2D eigenvalue weighted by molar-refractivity contribution is 5.81. The molecule has 2 amide bonds. The first-order valence-electron chi connectivity index (χ1n) is 7.73. The topological polar surface area (TPSA) is 67.2 Å². The van der Waals surface area contributed by atoms with Gasteiger partial charge in [-0.1, -0.05) is 13.3 Å². The second-order valence-corrected chi connectivity index (χ2v) is 5.53. The van der Waals surface area contributed by atoms with E-state index in [1.54, 1.807) is 28.0 Å². The van der Waals surface area contributed by atoms with E-state index in [1.165, 1.54) is 0 Å². The van der Waals surface area contributed by atoms with E-state index in [0.717, 1.165) is 38.8 Å². The first-order chi connectivity index (χ1) is 10.2. The van der Waals surface area contributed by atoms with E-state index in [-0.39, 0.29) is 24.3 Å². The molecule has 1 atom stereocenters. The number of hydrogen-bond acceptors (Lipinski definition) is 3. The van der Waals surface area contributed by atoms with Crippen molar-refractivity contribution in [2.45, 2.75) is 39.2 Å². The molecular formula is C15H24N4O2. The number of aromatic nitrogens is 2. The van der Waals surface area contributed by atoms with Gasteiger partial charge in [-0.3, -0.25) is 14.3 Å². The number of hydrogen-bond donors (Lipinski definition) is 1. The van der Waals surface area contributed by atoms with Crippen LogP contribution in [0.5, 0.6) is 0 Å². The van der Waals surface area contributed by atoms with Gasteiger partial charge < -0.3 is 10.2 Å². The number of nitrogens with zero attached hydrogens (tertiary/aromatic N) is 3. The van der Waals surface area contributed by atoms with Crippen molar-refractivity contribution in [2.75, 3.05) is 19.6 Å². The van der Waals surface area contributed by atoms with Gasteiger partial charge in [-0.05, 0) is 25.3 Å². The molecule has 1 N–H and O–H groups in total. The Morgan fingerprint density at radius 2 is 2.29 bits per heavy atom. The number of carbonyl (C=O) groups excluding carboxylic acids is 2. The summed E-state index contributed by atoms with van der Waals surface area (Å²) in [5.74, 6) is 0.0435. The van der Waals surface area contributed by atoms with Crippen molar-refractivity contribution in [1.29, 1.82) is 0 Å². The molecule has 0 saturated carbocycles. The molecule has 0 bridgehead atoms. The Balaban J connectivity index is 1.82. The maximum absolute atomic E-state index is 12.2. The molecule has 0 radical (unpaired) electrons. The number of nitrogens with one attached hydrogen (secondary N) is 1. The fourth-order valence-corrected chi connectivity index (χ4v) is 2.58. The van der Waals surface area contributed by atoms with Crippen molar-refractivity contribution < 1.29 is 9.59 Å². The van der Waals surface area contributed by atoms with Crippen LogP contribution in [0.25, 0.3) is 0 Å². The Hall–Kier alpha value is -1.85. The fourth-order valence-electron chi connectivity index (χ4n) is 2.58. The Kier molecular flexibility index (Phi) is 5.78. The summed E-state index contributed by atoms with van der Waals surface area (Å²) >= 11 is 0. The first-order valence-corrected chi connectivity index (χ1v) is 7.73. The molecule has 2 rings (SSSR count). The van der Waals surface area contributed by atoms with Crippen LogP contribution < -0.4 is 5.32 Å². The van der Waals surface area contributed by atoms with Gasteiger partial charge in [-0.25, -0.2) is 0 Å². The highest BCUT2D eigenvalue weighted by Gasteiger charge is 2.28. The third kappa shape index (κ3) is 4.58. The van der Waals surface area contributed by atoms with Crippen LogP contribution >= 0.6 is 0 Å². The number of likely N-dealkylation sites (tertiary alicyclic amines) is 1. The highest BCUT2D eigenvalue weighted by atomic mass is 16.2. The average Bonchev–Trinajstić information content (AvgIpc) is 3.00. The van der Waals surface area contributed by atoms with Gasteiger partial charge in [-0.2, -0.15) is 5.10 Å². The third-order valence-electron chi connectivity index (χ3n) is 3.83. The molecular weight excluding hydrogens is 268 g/mol. The molecule has 1 aromatic rings. The Bertz CT molecular complexity index is 458. The number of piperidine rings is 1. The van der Waals surface area contributed by atoms with Crippen molar-refractivity contribution >= 4 is 11.8 Å². The van der Waals surface area contributed by atoms with Crippen molar-refractivity contribution in [2.24, 2.45) is 5.92 Å². The summed E-state index contributed by atoms with van der Waals surface area (Å²) in [7, 11) is 0. The van der Waals surface area contributed by atoms with Crippen molar-refractivity contribution in [3.05, 3.63) is 18.5 Å². The molecule has 6 nitrogen and oxygen atoms in total. The van der Waals surface area contributed by atoms with Crippen molar-refractivity contribution in [3.63, 3.8) is 0 Å². The second-order valence-electron chi connectivity index (χ2n) is 5.53. The van der Waals surface area contributed by atoms with Crippen LogP contribution in [0.3, 0.4) is 0 Å². The third-order valence-corrected chi connectivity index (χ3v) is 3.83. The van der Waals surface area contributed by atoms with Gasteiger partial charge in [0.25, 0.3) is 0 Å². The van der Waals surface area contributed by atoms with Crippen LogP contribution in [0.1, 0.15) is 32.6 Å². The molecule has 6 heteroatoms. The summed E-state index contributed by atoms with van der Waals surface area (Å²) in [6.07, 6.45) is 7.25. The molecule has 0 spiro atoms. The number of rotatable bonds is 6. The molecule has 1 saturated heterocycles. The zero-order valence-electron chi connectivity index (χ0n) is 12.6. The molecule has 1 aliphatic heterocycles. The first kappa shape index (κ1) is 15.5. The molecule has 0 aliphatic carbocycles. The lowest BCUT2D eigenvalue weighted by molar-refractivity contribution is -0.136. The van der Waals surface area contributed by atoms with E-state index in [0.29, 0.717) is 6.54 Å². The fraction of sp³-hybridized carbons (Fsp3) is 0.667. The van der Waals surface area contributed by atoms with E-state index < -0.39 is 0 Å². The zero-order valence-corrected chi connectivity index (χ0v) is 12.6. The van der Waals surface area contributed by atoms with Crippen LogP contribution in [0.2, 0.25) is 0 Å². The van der Waals surface area contributed by atoms with Gasteiger partial charge in [0.2, 0.25) is 11.8 Å². The quantitative estimate of drug-likeness (QED) is 0.797. The van der Waals surface area contributed by atoms with Gasteiger partial charge in [0.1, 0.15) is 6.54 Å². The maximum atomic E-state index is 12.2. The number of carbonyl (C=O) groups is 2. The predicted molar refractivity (Wildman–Crippen MR) is 79.4 cm³/mol. The van der Waals surface area contributed by atoms with Gasteiger partial charge in [0, 0.05) is 32.0 Å². The predicted octanol–water partition coefficient (Wildman–Crippen LogP) is 1.04. The van der Waals surface area contributed by atoms with Crippen LogP contribution in [0.4, 0.5) is 0 Å². The van der Waals surface area contributed by atoms with Gasteiger partial charge in [0.15, 0.2) is 0 Å². The summed E-state index contributed by atoms with van der Waals surface area (Å²) in [5, 5.41) is 7.01. The minimum absolute atomic E-state index is 0.0322. The summed E-state index contributed by atoms with van der Waals surface area (Å²) < 4.78 is 1.62. The van der Waals surface area contributed by atoms with Crippen molar-refractivity contribution in [3.8, 4) is 0 Å². The highest BCUT2D eigenvalue weighted by Crippen LogP contribution is 2.17. The molecule has 21 heavy (non-hydrogen) atoms. The lowest BCUT2D eigenvalue weighted by Gasteiger charge is -2.32. The molecule has 116 valence electrons. The maximum Gasteiger partial charge on any atom is 0.244 e. The van der Waals surface area contributed by atoms with E-state index in [2.05, 4.69) is 17.3 Å². The summed E-state index contributed by atoms with van der Waals surface area (Å²) in [6.45, 7) is 4.34. The Morgan fingerprint density at radius 1 is 1.43 bits per heavy atom. The smallest absolute Gasteiger partial charge is 0.244 e. The van der Waals surface area contributed by atoms with Gasteiger partial charge in [0.05, 0.1) is 5.92 Å². The second kappa shape index (κ2) is 7.81. The number of unbranched alkanes of at least 4 members (excludes halogenated alkanes) is 1. The number of amides is 2. The normalized spacial score (nSPS) is 18.5. The van der Waals surface area contributed by atoms with E-state index in [1.807, 2.05) is 0 Å². The zero-order chi connectivity index (χ0) is 15.1. The average molecular weight is 292 g/mol. The minimum Gasteiger partial charge on any atom is -0.356 e. The summed E-state index contributed by atoms with van der Waals surface area (Å²) in [4.78, 5) is 26.1. The largest absolute Gasteiger partial charge is 0.356 e. The molecule has 1 aromatic heterocycles. The lowest BCUT2D eigenvalue weighted by atomic mass is 9.97. The van der Waals surface area contributed by atoms with Crippen LogP contribution in [-0.2, 0) is 16.1 Å². The minimum atomic E-state index is -0.0721. The monoisotopic (exact) mass is 292 g/mol. The van der Waals surface area contributed by atoms with E-state index in [9.17, 15) is 9.59 Å². The van der Waals surface area contributed by atoms with Crippen LogP contribution in [0, 0.1) is 5.92 Å². The molecule has 2 heterocycles. The lowest BCUT2D eigenvalue weighted by Crippen LogP contribution is -2.46.